The maximum Gasteiger partial charge on any atom is 0.337 e. The van der Waals surface area contributed by atoms with Crippen LogP contribution in [0, 0.1) is 13.8 Å². The van der Waals surface area contributed by atoms with Gasteiger partial charge in [-0.3, -0.25) is 4.40 Å². The van der Waals surface area contributed by atoms with Gasteiger partial charge in [-0.25, -0.2) is 9.78 Å². The maximum absolute atomic E-state index is 13.0. The molecular formula is C40H51N3O6. The number of ether oxygens (including phenoxy) is 4. The van der Waals surface area contributed by atoms with Gasteiger partial charge in [0.2, 0.25) is 0 Å². The second-order valence-corrected chi connectivity index (χ2v) is 14.9. The first-order valence-corrected chi connectivity index (χ1v) is 17.5. The number of pyridine rings is 1. The van der Waals surface area contributed by atoms with Gasteiger partial charge >= 0.3 is 5.97 Å². The van der Waals surface area contributed by atoms with Gasteiger partial charge in [0.25, 0.3) is 0 Å². The number of hydrogen-bond acceptors (Lipinski definition) is 7. The summed E-state index contributed by atoms with van der Waals surface area (Å²) in [7, 11) is 1.67. The molecule has 2 aromatic heterocycles. The Kier molecular flexibility index (Phi) is 9.70. The Hall–Kier alpha value is -4.08. The highest BCUT2D eigenvalue weighted by Crippen LogP contribution is 2.42. The summed E-state index contributed by atoms with van der Waals surface area (Å²) in [4.78, 5) is 20.5. The van der Waals surface area contributed by atoms with Crippen molar-refractivity contribution in [1.29, 1.82) is 0 Å². The molecular weight excluding hydrogens is 618 g/mol. The molecule has 5 heterocycles. The van der Waals surface area contributed by atoms with Crippen molar-refractivity contribution >= 4 is 17.4 Å². The molecule has 9 nitrogen and oxygen atoms in total. The van der Waals surface area contributed by atoms with Gasteiger partial charge < -0.3 is 29.0 Å². The summed E-state index contributed by atoms with van der Waals surface area (Å²) in [6.07, 6.45) is 5.44. The fraction of sp³-hybridized carbons (Fsp3) is 0.500. The van der Waals surface area contributed by atoms with Gasteiger partial charge in [0.15, 0.2) is 6.10 Å². The molecule has 3 aliphatic rings. The number of piperidine rings is 1. The van der Waals surface area contributed by atoms with Crippen LogP contribution < -0.4 is 14.4 Å². The van der Waals surface area contributed by atoms with Crippen LogP contribution in [0.3, 0.4) is 0 Å². The number of methoxy groups -OCH3 is 1. The van der Waals surface area contributed by atoms with E-state index in [1.165, 1.54) is 0 Å². The van der Waals surface area contributed by atoms with Crippen LogP contribution in [0.4, 0.5) is 5.82 Å². The fourth-order valence-electron chi connectivity index (χ4n) is 7.11. The number of imidazole rings is 1. The predicted molar refractivity (Wildman–Crippen MR) is 193 cm³/mol. The number of aryl methyl sites for hydroxylation is 1. The third-order valence-electron chi connectivity index (χ3n) is 10.00. The standard InChI is InChI=1S/C40H51N3O6/c1-25-12-9-10-21-47-40(7)17-19-42(20-18-40)37-34(35(38(44)45)49-39(4,5)6)26(2)27(3)36-41-32(24-43(36)37)29-14-11-13-28(22-29)31-23-30(46-8)15-16-33(31)48-25/h11,13-16,22-25,35H,9-10,12,17-21H2,1-8H3,(H,44,45)/t25-,35-/m0/s1. The first-order chi connectivity index (χ1) is 23.3. The van der Waals surface area contributed by atoms with E-state index in [-0.39, 0.29) is 11.7 Å². The number of carbonyl (C=O) groups is 1. The van der Waals surface area contributed by atoms with Crippen LogP contribution in [0.2, 0.25) is 0 Å². The first kappa shape index (κ1) is 34.8. The van der Waals surface area contributed by atoms with E-state index in [1.807, 2.05) is 65.1 Å². The summed E-state index contributed by atoms with van der Waals surface area (Å²) in [5, 5.41) is 10.6. The van der Waals surface area contributed by atoms with Crippen molar-refractivity contribution in [1.82, 2.24) is 9.38 Å². The Morgan fingerprint density at radius 1 is 1.06 bits per heavy atom. The van der Waals surface area contributed by atoms with Crippen molar-refractivity contribution in [3.63, 3.8) is 0 Å². The lowest BCUT2D eigenvalue weighted by Crippen LogP contribution is -2.45. The van der Waals surface area contributed by atoms with Crippen LogP contribution in [-0.2, 0) is 14.3 Å². The van der Waals surface area contributed by atoms with Crippen LogP contribution in [0.5, 0.6) is 11.5 Å². The zero-order valence-electron chi connectivity index (χ0n) is 30.3. The van der Waals surface area contributed by atoms with E-state index in [2.05, 4.69) is 41.3 Å². The van der Waals surface area contributed by atoms with E-state index in [0.29, 0.717) is 12.2 Å². The predicted octanol–water partition coefficient (Wildman–Crippen LogP) is 8.56. The quantitative estimate of drug-likeness (QED) is 0.231. The topological polar surface area (TPSA) is 94.8 Å². The summed E-state index contributed by atoms with van der Waals surface area (Å²) in [6.45, 7) is 16.2. The molecule has 9 heteroatoms. The van der Waals surface area contributed by atoms with E-state index >= 15 is 0 Å². The van der Waals surface area contributed by atoms with Gasteiger partial charge in [0.05, 0.1) is 30.1 Å². The number of carboxylic acids is 1. The smallest absolute Gasteiger partial charge is 0.337 e. The average Bonchev–Trinajstić information content (AvgIpc) is 3.51. The van der Waals surface area contributed by atoms with E-state index in [1.54, 1.807) is 7.11 Å². The number of benzene rings is 2. The molecule has 49 heavy (non-hydrogen) atoms. The minimum Gasteiger partial charge on any atom is -0.497 e. The highest BCUT2D eigenvalue weighted by molar-refractivity contribution is 5.82. The van der Waals surface area contributed by atoms with Gasteiger partial charge in [-0.15, -0.1) is 0 Å². The van der Waals surface area contributed by atoms with Gasteiger partial charge in [-0.1, -0.05) is 18.2 Å². The Morgan fingerprint density at radius 3 is 2.49 bits per heavy atom. The van der Waals surface area contributed by atoms with Crippen LogP contribution in [0.15, 0.2) is 48.7 Å². The third kappa shape index (κ3) is 7.29. The molecule has 262 valence electrons. The molecule has 0 aliphatic carbocycles. The van der Waals surface area contributed by atoms with Crippen molar-refractivity contribution in [2.24, 2.45) is 0 Å². The third-order valence-corrected chi connectivity index (χ3v) is 10.00. The molecule has 7 rings (SSSR count). The van der Waals surface area contributed by atoms with Crippen molar-refractivity contribution < 1.29 is 28.8 Å². The summed E-state index contributed by atoms with van der Waals surface area (Å²) in [6, 6.07) is 14.3. The molecule has 0 saturated carbocycles. The zero-order chi connectivity index (χ0) is 35.1. The first-order valence-electron chi connectivity index (χ1n) is 17.5. The SMILES string of the molecule is COc1ccc2c(c1)-c1cccc(c1)-c1cn3c(c([C@H](OC(C)(C)C)C(=O)O)c(C)c(C)c3n1)N1CCC(C)(CC1)OCCCC[C@H](C)O2. The van der Waals surface area contributed by atoms with Crippen LogP contribution >= 0.6 is 0 Å². The zero-order valence-corrected chi connectivity index (χ0v) is 30.3. The molecule has 3 aliphatic heterocycles. The largest absolute Gasteiger partial charge is 0.497 e. The number of nitrogens with zero attached hydrogens (tertiary/aromatic N) is 3. The molecule has 1 saturated heterocycles. The van der Waals surface area contributed by atoms with Gasteiger partial charge in [-0.05, 0) is 122 Å². The molecule has 0 amide bonds. The molecule has 2 aromatic carbocycles. The molecule has 0 unspecified atom stereocenters. The van der Waals surface area contributed by atoms with E-state index in [4.69, 9.17) is 23.9 Å². The monoisotopic (exact) mass is 669 g/mol. The second-order valence-electron chi connectivity index (χ2n) is 14.9. The normalized spacial score (nSPS) is 20.9. The number of aliphatic carboxylic acids is 1. The fourth-order valence-corrected chi connectivity index (χ4v) is 7.11. The van der Waals surface area contributed by atoms with Crippen LogP contribution in [-0.4, -0.2) is 64.6 Å². The summed E-state index contributed by atoms with van der Waals surface area (Å²) in [5.74, 6) is 1.37. The van der Waals surface area contributed by atoms with Crippen molar-refractivity contribution in [2.45, 2.75) is 104 Å². The van der Waals surface area contributed by atoms with Gasteiger partial charge in [-0.2, -0.15) is 0 Å². The second kappa shape index (κ2) is 13.7. The van der Waals surface area contributed by atoms with Crippen molar-refractivity contribution in [3.8, 4) is 33.9 Å². The number of hydrogen-bond donors (Lipinski definition) is 1. The molecule has 1 fully saturated rings. The minimum atomic E-state index is -1.16. The Balaban J connectivity index is 1.57. The molecule has 4 aromatic rings. The van der Waals surface area contributed by atoms with E-state index in [0.717, 1.165) is 102 Å². The molecule has 0 radical (unpaired) electrons. The summed E-state index contributed by atoms with van der Waals surface area (Å²) in [5.41, 5.74) is 6.02. The summed E-state index contributed by atoms with van der Waals surface area (Å²) >= 11 is 0. The van der Waals surface area contributed by atoms with Crippen LogP contribution in [0.25, 0.3) is 28.0 Å². The summed E-state index contributed by atoms with van der Waals surface area (Å²) < 4.78 is 27.1. The van der Waals surface area contributed by atoms with Crippen LogP contribution in [0.1, 0.15) is 89.5 Å². The molecule has 1 N–H and O–H groups in total. The molecule has 6 bridgehead atoms. The Bertz CT molecular complexity index is 1830. The van der Waals surface area contributed by atoms with Crippen molar-refractivity contribution in [3.05, 3.63) is 65.4 Å². The van der Waals surface area contributed by atoms with E-state index < -0.39 is 17.7 Å². The minimum absolute atomic E-state index is 0.0360. The Labute approximate surface area is 290 Å². The number of carboxylic acid groups (broad SMARTS) is 1. The lowest BCUT2D eigenvalue weighted by molar-refractivity contribution is -0.160. The molecule has 2 atom stereocenters. The van der Waals surface area contributed by atoms with Gasteiger partial charge in [0.1, 0.15) is 23.0 Å². The Morgan fingerprint density at radius 2 is 1.80 bits per heavy atom. The maximum atomic E-state index is 13.0. The van der Waals surface area contributed by atoms with Crippen molar-refractivity contribution in [2.75, 3.05) is 31.7 Å². The highest BCUT2D eigenvalue weighted by Gasteiger charge is 2.38. The molecule has 0 spiro atoms. The van der Waals surface area contributed by atoms with E-state index in [9.17, 15) is 9.90 Å². The lowest BCUT2D eigenvalue weighted by Gasteiger charge is -2.42. The lowest BCUT2D eigenvalue weighted by atomic mass is 9.92. The number of anilines is 1. The number of rotatable bonds is 4. The number of aromatic nitrogens is 2. The highest BCUT2D eigenvalue weighted by atomic mass is 16.5. The number of fused-ring (bicyclic) bond motifs is 8. The van der Waals surface area contributed by atoms with Gasteiger partial charge in [0, 0.05) is 42.6 Å². The average molecular weight is 670 g/mol.